The molecule has 0 bridgehead atoms. The molecule has 0 aromatic carbocycles. The summed E-state index contributed by atoms with van der Waals surface area (Å²) >= 11 is 0. The molecule has 1 heterocycles. The second-order valence-electron chi connectivity index (χ2n) is 10.2. The summed E-state index contributed by atoms with van der Waals surface area (Å²) in [5, 5.41) is 14.1. The topological polar surface area (TPSA) is 106 Å². The number of nitrogens with zero attached hydrogens (tertiary/aromatic N) is 3. The van der Waals surface area contributed by atoms with Crippen molar-refractivity contribution in [3.63, 3.8) is 0 Å². The van der Waals surface area contributed by atoms with Gasteiger partial charge in [0.1, 0.15) is 6.29 Å². The summed E-state index contributed by atoms with van der Waals surface area (Å²) in [5.41, 5.74) is 0.612. The number of carbonyl (C=O) groups excluding carboxylic acids is 3. The second-order valence-corrected chi connectivity index (χ2v) is 10.2. The summed E-state index contributed by atoms with van der Waals surface area (Å²) in [7, 11) is 0. The van der Waals surface area contributed by atoms with E-state index in [1.54, 1.807) is 4.68 Å². The normalized spacial score (nSPS) is 23.5. The Morgan fingerprint density at radius 2 is 2.00 bits per heavy atom. The summed E-state index contributed by atoms with van der Waals surface area (Å²) in [5.74, 6) is 0.593. The van der Waals surface area contributed by atoms with E-state index in [1.165, 1.54) is 25.7 Å². The number of aryl methyl sites for hydroxylation is 1. The monoisotopic (exact) mass is 459 g/mol. The zero-order chi connectivity index (χ0) is 23.7. The standard InChI is InChI=1S/C25H41N5O3/c1-19(2)30-17-21(28-29-30)12-13-23(32)26-15-9-7-11-22(18-31)27-24(33)25-14-8-5-3-4-6-10-20(25)16-25/h17-20,22H,3-16H2,1-2H3,(H,26,32)(H,27,33)/t20?,22-,25?/m0/s1. The van der Waals surface area contributed by atoms with Crippen LogP contribution in [0, 0.1) is 11.3 Å². The van der Waals surface area contributed by atoms with E-state index in [-0.39, 0.29) is 23.3 Å². The van der Waals surface area contributed by atoms with Gasteiger partial charge in [0.05, 0.1) is 17.2 Å². The van der Waals surface area contributed by atoms with Crippen molar-refractivity contribution in [3.05, 3.63) is 11.9 Å². The lowest BCUT2D eigenvalue weighted by molar-refractivity contribution is -0.129. The van der Waals surface area contributed by atoms with Gasteiger partial charge >= 0.3 is 0 Å². The molecule has 184 valence electrons. The molecule has 8 heteroatoms. The van der Waals surface area contributed by atoms with E-state index in [9.17, 15) is 14.4 Å². The highest BCUT2D eigenvalue weighted by molar-refractivity contribution is 5.88. The third-order valence-corrected chi connectivity index (χ3v) is 7.30. The number of amides is 2. The molecule has 0 radical (unpaired) electrons. The minimum Gasteiger partial charge on any atom is -0.356 e. The van der Waals surface area contributed by atoms with Crippen LogP contribution in [0.3, 0.4) is 0 Å². The van der Waals surface area contributed by atoms with Crippen molar-refractivity contribution in [1.29, 1.82) is 0 Å². The van der Waals surface area contributed by atoms with Crippen molar-refractivity contribution >= 4 is 18.1 Å². The lowest BCUT2D eigenvalue weighted by Gasteiger charge is -2.20. The third-order valence-electron chi connectivity index (χ3n) is 7.30. The van der Waals surface area contributed by atoms with Gasteiger partial charge in [-0.05, 0) is 58.3 Å². The van der Waals surface area contributed by atoms with E-state index in [2.05, 4.69) is 20.9 Å². The fraction of sp³-hybridized carbons (Fsp3) is 0.800. The summed E-state index contributed by atoms with van der Waals surface area (Å²) < 4.78 is 1.79. The molecular formula is C25H41N5O3. The highest BCUT2D eigenvalue weighted by Gasteiger charge is 2.58. The Balaban J connectivity index is 1.30. The molecule has 2 N–H and O–H groups in total. The minimum absolute atomic E-state index is 0.00610. The van der Waals surface area contributed by atoms with Crippen molar-refractivity contribution in [2.24, 2.45) is 11.3 Å². The molecule has 0 aliphatic heterocycles. The van der Waals surface area contributed by atoms with Crippen molar-refractivity contribution < 1.29 is 14.4 Å². The fourth-order valence-electron chi connectivity index (χ4n) is 5.03. The van der Waals surface area contributed by atoms with Crippen LogP contribution in [0.25, 0.3) is 0 Å². The molecule has 2 fully saturated rings. The van der Waals surface area contributed by atoms with Crippen LogP contribution >= 0.6 is 0 Å². The molecule has 2 saturated carbocycles. The predicted molar refractivity (Wildman–Crippen MR) is 126 cm³/mol. The first-order valence-corrected chi connectivity index (χ1v) is 12.9. The average Bonchev–Trinajstić information content (AvgIpc) is 3.26. The molecule has 1 aromatic rings. The average molecular weight is 460 g/mol. The fourth-order valence-corrected chi connectivity index (χ4v) is 5.03. The molecule has 2 aliphatic carbocycles. The van der Waals surface area contributed by atoms with E-state index in [0.29, 0.717) is 31.7 Å². The Kier molecular flexibility index (Phi) is 9.44. The van der Waals surface area contributed by atoms with E-state index < -0.39 is 6.04 Å². The lowest BCUT2D eigenvalue weighted by atomic mass is 9.93. The van der Waals surface area contributed by atoms with Crippen LogP contribution < -0.4 is 10.6 Å². The summed E-state index contributed by atoms with van der Waals surface area (Å²) in [6, 6.07) is -0.174. The Morgan fingerprint density at radius 1 is 1.21 bits per heavy atom. The molecule has 1 aromatic heterocycles. The molecule has 3 rings (SSSR count). The Labute approximate surface area is 197 Å². The number of nitrogens with one attached hydrogen (secondary N) is 2. The zero-order valence-electron chi connectivity index (χ0n) is 20.4. The van der Waals surface area contributed by atoms with Gasteiger partial charge in [-0.15, -0.1) is 5.10 Å². The van der Waals surface area contributed by atoms with Crippen molar-refractivity contribution in [3.8, 4) is 0 Å². The van der Waals surface area contributed by atoms with Crippen LogP contribution in [0.1, 0.15) is 103 Å². The Bertz CT molecular complexity index is 793. The Hall–Kier alpha value is -2.25. The van der Waals surface area contributed by atoms with Crippen LogP contribution in [0.15, 0.2) is 6.20 Å². The molecule has 33 heavy (non-hydrogen) atoms. The smallest absolute Gasteiger partial charge is 0.227 e. The number of fused-ring (bicyclic) bond motifs is 1. The number of carbonyl (C=O) groups is 3. The predicted octanol–water partition coefficient (Wildman–Crippen LogP) is 3.51. The highest BCUT2D eigenvalue weighted by Crippen LogP contribution is 2.59. The quantitative estimate of drug-likeness (QED) is 0.367. The first-order chi connectivity index (χ1) is 15.9. The third kappa shape index (κ3) is 7.37. The summed E-state index contributed by atoms with van der Waals surface area (Å²) in [6.07, 6.45) is 15.1. The molecule has 2 amide bonds. The highest BCUT2D eigenvalue weighted by atomic mass is 16.2. The van der Waals surface area contributed by atoms with Crippen molar-refractivity contribution in [1.82, 2.24) is 25.6 Å². The van der Waals surface area contributed by atoms with Gasteiger partial charge in [0.2, 0.25) is 11.8 Å². The molecule has 8 nitrogen and oxygen atoms in total. The van der Waals surface area contributed by atoms with Crippen LogP contribution in [-0.2, 0) is 20.8 Å². The minimum atomic E-state index is -0.431. The van der Waals surface area contributed by atoms with E-state index in [1.807, 2.05) is 20.0 Å². The van der Waals surface area contributed by atoms with Crippen molar-refractivity contribution in [2.45, 2.75) is 109 Å². The van der Waals surface area contributed by atoms with Gasteiger partial charge < -0.3 is 15.4 Å². The number of unbranched alkanes of at least 4 members (excludes halogenated alkanes) is 1. The van der Waals surface area contributed by atoms with Crippen LogP contribution in [-0.4, -0.2) is 45.7 Å². The summed E-state index contributed by atoms with van der Waals surface area (Å²) in [6.45, 7) is 4.64. The largest absolute Gasteiger partial charge is 0.356 e. The van der Waals surface area contributed by atoms with Crippen LogP contribution in [0.5, 0.6) is 0 Å². The second kappa shape index (κ2) is 12.3. The number of aldehydes is 1. The molecule has 3 atom stereocenters. The van der Waals surface area contributed by atoms with Crippen molar-refractivity contribution in [2.75, 3.05) is 6.54 Å². The van der Waals surface area contributed by atoms with Gasteiger partial charge in [0.25, 0.3) is 0 Å². The van der Waals surface area contributed by atoms with Gasteiger partial charge in [0, 0.05) is 31.6 Å². The molecular weight excluding hydrogens is 418 g/mol. The van der Waals surface area contributed by atoms with Gasteiger partial charge in [-0.25, -0.2) is 4.68 Å². The van der Waals surface area contributed by atoms with Gasteiger partial charge in [-0.1, -0.05) is 37.3 Å². The maximum atomic E-state index is 13.0. The first kappa shape index (κ1) is 25.4. The SMILES string of the molecule is CC(C)n1cc(CCC(=O)NCCCC[C@@H](C=O)NC(=O)C23CCCCCCCC2C3)nn1. The number of hydrogen-bond acceptors (Lipinski definition) is 5. The summed E-state index contributed by atoms with van der Waals surface area (Å²) in [4.78, 5) is 36.6. The zero-order valence-corrected chi connectivity index (χ0v) is 20.4. The molecule has 0 spiro atoms. The number of aromatic nitrogens is 3. The van der Waals surface area contributed by atoms with E-state index >= 15 is 0 Å². The maximum absolute atomic E-state index is 13.0. The van der Waals surface area contributed by atoms with Gasteiger partial charge in [0.15, 0.2) is 0 Å². The van der Waals surface area contributed by atoms with Crippen LogP contribution in [0.2, 0.25) is 0 Å². The Morgan fingerprint density at radius 3 is 2.76 bits per heavy atom. The molecule has 0 saturated heterocycles. The first-order valence-electron chi connectivity index (χ1n) is 12.9. The van der Waals surface area contributed by atoms with Gasteiger partial charge in [-0.2, -0.15) is 0 Å². The number of rotatable bonds is 12. The van der Waals surface area contributed by atoms with E-state index in [0.717, 1.165) is 50.5 Å². The molecule has 2 unspecified atom stereocenters. The van der Waals surface area contributed by atoms with Crippen LogP contribution in [0.4, 0.5) is 0 Å². The number of hydrogen-bond donors (Lipinski definition) is 2. The van der Waals surface area contributed by atoms with Gasteiger partial charge in [-0.3, -0.25) is 9.59 Å². The maximum Gasteiger partial charge on any atom is 0.227 e. The molecule has 2 aliphatic rings. The van der Waals surface area contributed by atoms with E-state index in [4.69, 9.17) is 0 Å². The lowest BCUT2D eigenvalue weighted by Crippen LogP contribution is -2.41.